The van der Waals surface area contributed by atoms with Crippen molar-refractivity contribution in [2.24, 2.45) is 0 Å². The Morgan fingerprint density at radius 2 is 2.12 bits per heavy atom. The van der Waals surface area contributed by atoms with E-state index in [9.17, 15) is 4.79 Å². The molecule has 0 aromatic carbocycles. The van der Waals surface area contributed by atoms with E-state index in [2.05, 4.69) is 31.6 Å². The van der Waals surface area contributed by atoms with Crippen LogP contribution in [0.1, 0.15) is 48.1 Å². The summed E-state index contributed by atoms with van der Waals surface area (Å²) < 4.78 is 2.29. The zero-order chi connectivity index (χ0) is 16.5. The Hall–Kier alpha value is -2.01. The van der Waals surface area contributed by atoms with Crippen LogP contribution in [0.4, 0.5) is 0 Å². The first kappa shape index (κ1) is 15.5. The Labute approximate surface area is 142 Å². The maximum atomic E-state index is 12.0. The van der Waals surface area contributed by atoms with Gasteiger partial charge in [0.2, 0.25) is 0 Å². The molecule has 2 aliphatic heterocycles. The Balaban J connectivity index is 1.54. The van der Waals surface area contributed by atoms with Gasteiger partial charge in [0.1, 0.15) is 5.82 Å². The van der Waals surface area contributed by atoms with Crippen molar-refractivity contribution >= 4 is 0 Å². The van der Waals surface area contributed by atoms with Crippen LogP contribution in [0.2, 0.25) is 0 Å². The average molecular weight is 324 g/mol. The van der Waals surface area contributed by atoms with Crippen molar-refractivity contribution in [3.8, 4) is 0 Å². The summed E-state index contributed by atoms with van der Waals surface area (Å²) in [5.74, 6) is 1.41. The van der Waals surface area contributed by atoms with Crippen molar-refractivity contribution in [2.45, 2.75) is 51.6 Å². The van der Waals surface area contributed by atoms with Crippen molar-refractivity contribution in [3.05, 3.63) is 57.5 Å². The van der Waals surface area contributed by atoms with Gasteiger partial charge in [0.05, 0.1) is 5.69 Å². The molecule has 2 aromatic heterocycles. The number of piperidine rings is 1. The van der Waals surface area contributed by atoms with Crippen molar-refractivity contribution in [1.29, 1.82) is 0 Å². The first-order valence-corrected chi connectivity index (χ1v) is 8.94. The predicted molar refractivity (Wildman–Crippen MR) is 93.0 cm³/mol. The highest BCUT2D eigenvalue weighted by Gasteiger charge is 2.26. The van der Waals surface area contributed by atoms with Crippen LogP contribution in [-0.4, -0.2) is 32.5 Å². The van der Waals surface area contributed by atoms with Gasteiger partial charge in [-0.05, 0) is 44.9 Å². The van der Waals surface area contributed by atoms with E-state index >= 15 is 0 Å². The summed E-state index contributed by atoms with van der Waals surface area (Å²) in [6.45, 7) is 6.04. The van der Waals surface area contributed by atoms with Gasteiger partial charge in [-0.3, -0.25) is 14.7 Å². The van der Waals surface area contributed by atoms with Gasteiger partial charge in [-0.15, -0.1) is 0 Å². The normalized spacial score (nSPS) is 21.0. The van der Waals surface area contributed by atoms with E-state index < -0.39 is 0 Å². The molecule has 0 N–H and O–H groups in total. The number of likely N-dealkylation sites (tertiary alicyclic amines) is 1. The smallest absolute Gasteiger partial charge is 0.273 e. The lowest BCUT2D eigenvalue weighted by molar-refractivity contribution is 0.194. The number of nitrogens with zero attached hydrogens (tertiary/aromatic N) is 4. The Morgan fingerprint density at radius 3 is 3.00 bits per heavy atom. The third-order valence-electron chi connectivity index (χ3n) is 5.17. The summed E-state index contributed by atoms with van der Waals surface area (Å²) in [5, 5.41) is 0. The van der Waals surface area contributed by atoms with Gasteiger partial charge in [0.25, 0.3) is 5.56 Å². The van der Waals surface area contributed by atoms with E-state index in [4.69, 9.17) is 0 Å². The van der Waals surface area contributed by atoms with Gasteiger partial charge in [-0.1, -0.05) is 6.07 Å². The van der Waals surface area contributed by atoms with Gasteiger partial charge in [0.15, 0.2) is 0 Å². The molecule has 0 aliphatic carbocycles. The van der Waals surface area contributed by atoms with Gasteiger partial charge in [0, 0.05) is 49.4 Å². The molecule has 0 unspecified atom stereocenters. The van der Waals surface area contributed by atoms with Crippen LogP contribution in [0.15, 0.2) is 29.1 Å². The lowest BCUT2D eigenvalue weighted by Crippen LogP contribution is -2.36. The Morgan fingerprint density at radius 1 is 1.21 bits per heavy atom. The summed E-state index contributed by atoms with van der Waals surface area (Å²) in [7, 11) is 0. The first-order valence-electron chi connectivity index (χ1n) is 8.94. The van der Waals surface area contributed by atoms with Crippen LogP contribution in [-0.2, 0) is 19.5 Å². The molecule has 0 spiro atoms. The fourth-order valence-corrected chi connectivity index (χ4v) is 4.11. The van der Waals surface area contributed by atoms with Crippen LogP contribution in [0.3, 0.4) is 0 Å². The summed E-state index contributed by atoms with van der Waals surface area (Å²) in [6.07, 6.45) is 4.36. The number of aryl methyl sites for hydroxylation is 2. The molecule has 126 valence electrons. The van der Waals surface area contributed by atoms with E-state index in [0.717, 1.165) is 62.7 Å². The van der Waals surface area contributed by atoms with Gasteiger partial charge < -0.3 is 4.57 Å². The number of fused-ring (bicyclic) bond motifs is 1. The molecule has 5 heteroatoms. The minimum absolute atomic E-state index is 0.0735. The standard InChI is InChI=1S/C19H24N4O/c1-14-5-2-7-16(20-14)13-22-9-3-6-15(12-22)17-11-19(24)21-18-8-4-10-23(17)18/h2,5,7,11,15H,3-4,6,8-10,12-13H2,1H3/t15-/m1/s1. The molecule has 1 saturated heterocycles. The van der Waals surface area contributed by atoms with E-state index in [1.165, 1.54) is 12.1 Å². The van der Waals surface area contributed by atoms with Gasteiger partial charge in [-0.2, -0.15) is 4.98 Å². The topological polar surface area (TPSA) is 51.0 Å². The number of pyridine rings is 1. The second-order valence-corrected chi connectivity index (χ2v) is 7.04. The molecule has 0 bridgehead atoms. The summed E-state index contributed by atoms with van der Waals surface area (Å²) in [5.41, 5.74) is 3.33. The molecule has 0 amide bonds. The van der Waals surface area contributed by atoms with Crippen molar-refractivity contribution in [1.82, 2.24) is 19.4 Å². The second kappa shape index (κ2) is 6.48. The zero-order valence-corrected chi connectivity index (χ0v) is 14.2. The summed E-state index contributed by atoms with van der Waals surface area (Å²) >= 11 is 0. The van der Waals surface area contributed by atoms with Gasteiger partial charge in [-0.25, -0.2) is 0 Å². The molecule has 4 rings (SSSR count). The SMILES string of the molecule is Cc1cccc(CN2CCC[C@@H](c3cc(=O)nc4n3CCC4)C2)n1. The van der Waals surface area contributed by atoms with Crippen LogP contribution >= 0.6 is 0 Å². The zero-order valence-electron chi connectivity index (χ0n) is 14.2. The monoisotopic (exact) mass is 324 g/mol. The van der Waals surface area contributed by atoms with Crippen molar-refractivity contribution < 1.29 is 0 Å². The van der Waals surface area contributed by atoms with E-state index in [0.29, 0.717) is 5.92 Å². The van der Waals surface area contributed by atoms with Crippen LogP contribution in [0.25, 0.3) is 0 Å². The third-order valence-corrected chi connectivity index (χ3v) is 5.17. The minimum atomic E-state index is -0.0735. The molecule has 4 heterocycles. The number of hydrogen-bond donors (Lipinski definition) is 0. The van der Waals surface area contributed by atoms with Crippen LogP contribution < -0.4 is 5.56 Å². The molecule has 0 saturated carbocycles. The quantitative estimate of drug-likeness (QED) is 0.869. The van der Waals surface area contributed by atoms with Crippen LogP contribution in [0, 0.1) is 6.92 Å². The molecular weight excluding hydrogens is 300 g/mol. The molecule has 1 atom stereocenters. The molecule has 0 radical (unpaired) electrons. The van der Waals surface area contributed by atoms with Crippen LogP contribution in [0.5, 0.6) is 0 Å². The van der Waals surface area contributed by atoms with E-state index in [1.807, 2.05) is 13.0 Å². The lowest BCUT2D eigenvalue weighted by atomic mass is 9.94. The molecule has 2 aliphatic rings. The summed E-state index contributed by atoms with van der Waals surface area (Å²) in [4.78, 5) is 23.2. The molecular formula is C19H24N4O. The average Bonchev–Trinajstić information content (AvgIpc) is 3.02. The second-order valence-electron chi connectivity index (χ2n) is 7.04. The predicted octanol–water partition coefficient (Wildman–Crippen LogP) is 2.27. The van der Waals surface area contributed by atoms with E-state index in [-0.39, 0.29) is 5.56 Å². The van der Waals surface area contributed by atoms with Gasteiger partial charge >= 0.3 is 0 Å². The minimum Gasteiger partial charge on any atom is -0.333 e. The molecule has 5 nitrogen and oxygen atoms in total. The largest absolute Gasteiger partial charge is 0.333 e. The number of rotatable bonds is 3. The Bertz CT molecular complexity index is 798. The fraction of sp³-hybridized carbons (Fsp3) is 0.526. The number of aromatic nitrogens is 3. The van der Waals surface area contributed by atoms with E-state index in [1.54, 1.807) is 6.07 Å². The number of hydrogen-bond acceptors (Lipinski definition) is 4. The summed E-state index contributed by atoms with van der Waals surface area (Å²) in [6, 6.07) is 7.99. The Kier molecular flexibility index (Phi) is 4.19. The highest BCUT2D eigenvalue weighted by atomic mass is 16.1. The molecule has 2 aromatic rings. The van der Waals surface area contributed by atoms with Crippen molar-refractivity contribution in [2.75, 3.05) is 13.1 Å². The lowest BCUT2D eigenvalue weighted by Gasteiger charge is -2.33. The third kappa shape index (κ3) is 3.13. The first-order chi connectivity index (χ1) is 11.7. The van der Waals surface area contributed by atoms with Crippen molar-refractivity contribution in [3.63, 3.8) is 0 Å². The highest BCUT2D eigenvalue weighted by Crippen LogP contribution is 2.29. The fourth-order valence-electron chi connectivity index (χ4n) is 4.11. The molecule has 24 heavy (non-hydrogen) atoms. The maximum absolute atomic E-state index is 12.0. The highest BCUT2D eigenvalue weighted by molar-refractivity contribution is 5.16. The molecule has 1 fully saturated rings. The maximum Gasteiger partial charge on any atom is 0.273 e.